The first-order valence-electron chi connectivity index (χ1n) is 17.0. The molecule has 7 atom stereocenters. The van der Waals surface area contributed by atoms with Gasteiger partial charge < -0.3 is 65.4 Å². The number of nitrogens with one attached hydrogen (secondary N) is 4. The molecule has 7 unspecified atom stereocenters. The van der Waals surface area contributed by atoms with Crippen LogP contribution in [-0.2, 0) is 52.5 Å². The molecule has 0 aliphatic carbocycles. The highest BCUT2D eigenvalue weighted by Crippen LogP contribution is 2.32. The SMILES string of the molecule is [B]C1CC(=O)N(CCCC(=O)NCCOCCOCCNC(=O)COCC(=O)NCCOC2(C)CC(O)C(NC(C)=O)C(C(O)C(O)CO)O2)C1=O. The van der Waals surface area contributed by atoms with Gasteiger partial charge in [-0.1, -0.05) is 0 Å². The van der Waals surface area contributed by atoms with Gasteiger partial charge >= 0.3 is 0 Å². The van der Waals surface area contributed by atoms with Gasteiger partial charge in [-0.3, -0.25) is 33.7 Å². The molecule has 2 saturated heterocycles. The molecule has 2 radical (unpaired) electrons. The van der Waals surface area contributed by atoms with Crippen LogP contribution in [0.1, 0.15) is 39.5 Å². The molecule has 2 heterocycles. The topological polar surface area (TPSA) is 281 Å². The lowest BCUT2D eigenvalue weighted by Gasteiger charge is -2.47. The molecule has 6 amide bonds. The van der Waals surface area contributed by atoms with E-state index < -0.39 is 78.9 Å². The summed E-state index contributed by atoms with van der Waals surface area (Å²) in [6.07, 6.45) is -5.43. The average molecular weight is 746 g/mol. The maximum atomic E-state index is 12.1. The minimum atomic E-state index is -1.66. The molecule has 0 aromatic rings. The van der Waals surface area contributed by atoms with Gasteiger partial charge in [0.2, 0.25) is 35.4 Å². The van der Waals surface area contributed by atoms with Gasteiger partial charge in [-0.25, -0.2) is 0 Å². The maximum Gasteiger partial charge on any atom is 0.246 e. The van der Waals surface area contributed by atoms with Gasteiger partial charge in [0, 0.05) is 58.2 Å². The van der Waals surface area contributed by atoms with Crippen molar-refractivity contribution in [2.75, 3.05) is 79.0 Å². The van der Waals surface area contributed by atoms with Crippen molar-refractivity contribution in [3.63, 3.8) is 0 Å². The van der Waals surface area contributed by atoms with Crippen molar-refractivity contribution in [1.29, 1.82) is 0 Å². The Morgan fingerprint density at radius 3 is 2.06 bits per heavy atom. The van der Waals surface area contributed by atoms with E-state index in [1.54, 1.807) is 0 Å². The molecule has 2 aliphatic heterocycles. The number of aliphatic hydroxyl groups is 4. The number of aliphatic hydroxyl groups excluding tert-OH is 4. The summed E-state index contributed by atoms with van der Waals surface area (Å²) in [5, 5.41) is 50.4. The Morgan fingerprint density at radius 2 is 1.52 bits per heavy atom. The van der Waals surface area contributed by atoms with Crippen molar-refractivity contribution in [2.45, 2.75) is 81.6 Å². The second-order valence-electron chi connectivity index (χ2n) is 12.4. The van der Waals surface area contributed by atoms with E-state index in [9.17, 15) is 49.2 Å². The van der Waals surface area contributed by atoms with Crippen molar-refractivity contribution in [2.24, 2.45) is 0 Å². The first kappa shape index (κ1) is 44.9. The molecular weight excluding hydrogens is 693 g/mol. The van der Waals surface area contributed by atoms with Crippen LogP contribution in [0.5, 0.6) is 0 Å². The highest BCUT2D eigenvalue weighted by molar-refractivity contribution is 6.29. The number of carbonyl (C=O) groups is 6. The van der Waals surface area contributed by atoms with Crippen LogP contribution in [0.4, 0.5) is 0 Å². The fraction of sp³-hybridized carbons (Fsp3) is 0.806. The number of amides is 6. The Labute approximate surface area is 303 Å². The predicted molar refractivity (Wildman–Crippen MR) is 178 cm³/mol. The van der Waals surface area contributed by atoms with Crippen LogP contribution in [-0.4, -0.2) is 184 Å². The number of ether oxygens (including phenoxy) is 5. The molecule has 2 aliphatic rings. The van der Waals surface area contributed by atoms with Gasteiger partial charge in [-0.2, -0.15) is 0 Å². The lowest BCUT2D eigenvalue weighted by atomic mass is 9.86. The van der Waals surface area contributed by atoms with E-state index >= 15 is 0 Å². The zero-order chi connectivity index (χ0) is 38.7. The van der Waals surface area contributed by atoms with E-state index in [1.807, 2.05) is 0 Å². The highest BCUT2D eigenvalue weighted by atomic mass is 16.7. The molecular formula is C31H52BN5O15. The number of likely N-dealkylation sites (tertiary alicyclic amines) is 1. The molecule has 0 aromatic carbocycles. The molecule has 0 aromatic heterocycles. The van der Waals surface area contributed by atoms with Crippen LogP contribution in [0.25, 0.3) is 0 Å². The van der Waals surface area contributed by atoms with E-state index in [2.05, 4.69) is 21.3 Å². The quantitative estimate of drug-likeness (QED) is 0.0247. The van der Waals surface area contributed by atoms with Crippen LogP contribution in [0.3, 0.4) is 0 Å². The van der Waals surface area contributed by atoms with Gasteiger partial charge in [-0.05, 0) is 13.3 Å². The molecule has 0 saturated carbocycles. The summed E-state index contributed by atoms with van der Waals surface area (Å²) in [5.74, 6) is -4.73. The first-order valence-corrected chi connectivity index (χ1v) is 17.0. The van der Waals surface area contributed by atoms with Crippen LogP contribution in [0, 0.1) is 0 Å². The molecule has 0 spiro atoms. The summed E-state index contributed by atoms with van der Waals surface area (Å²) in [4.78, 5) is 72.0. The Hall–Kier alpha value is -3.28. The zero-order valence-corrected chi connectivity index (χ0v) is 29.6. The summed E-state index contributed by atoms with van der Waals surface area (Å²) >= 11 is 0. The van der Waals surface area contributed by atoms with Gasteiger partial charge in [0.25, 0.3) is 0 Å². The Balaban J connectivity index is 1.46. The fourth-order valence-electron chi connectivity index (χ4n) is 5.32. The molecule has 2 rings (SSSR count). The van der Waals surface area contributed by atoms with Crippen LogP contribution in [0.15, 0.2) is 0 Å². The number of imide groups is 1. The first-order chi connectivity index (χ1) is 24.7. The standard InChI is InChI=1S/C31H52BN5O15/c1-19(39)36-27-21(40)15-31(2,52-29(27)28(46)22(41)16-38)51-11-7-35-25(44)18-50-17-24(43)34-6-10-49-13-12-48-9-5-33-23(42)4-3-8-37-26(45)14-20(32)30(37)47/h20-22,27-29,38,40-41,46H,3-18H2,1-2H3,(H,33,42)(H,34,43)(H,35,44)(H,36,39). The Morgan fingerprint density at radius 1 is 0.942 bits per heavy atom. The largest absolute Gasteiger partial charge is 0.394 e. The summed E-state index contributed by atoms with van der Waals surface area (Å²) in [6.45, 7) is 2.65. The van der Waals surface area contributed by atoms with Crippen LogP contribution in [0.2, 0.25) is 5.82 Å². The van der Waals surface area contributed by atoms with Crippen LogP contribution >= 0.6 is 0 Å². The third-order valence-corrected chi connectivity index (χ3v) is 7.89. The second kappa shape index (κ2) is 23.4. The van der Waals surface area contributed by atoms with Crippen LogP contribution < -0.4 is 21.3 Å². The van der Waals surface area contributed by atoms with Gasteiger partial charge in [0.05, 0.1) is 59.6 Å². The van der Waals surface area contributed by atoms with E-state index in [0.29, 0.717) is 6.42 Å². The maximum absolute atomic E-state index is 12.1. The van der Waals surface area contributed by atoms with Gasteiger partial charge in [0.15, 0.2) is 5.79 Å². The van der Waals surface area contributed by atoms with E-state index in [4.69, 9.17) is 31.5 Å². The molecule has 0 bridgehead atoms. The molecule has 8 N–H and O–H groups in total. The lowest BCUT2D eigenvalue weighted by Crippen LogP contribution is -2.65. The van der Waals surface area contributed by atoms with E-state index in [0.717, 1.165) is 4.90 Å². The minimum Gasteiger partial charge on any atom is -0.394 e. The summed E-state index contributed by atoms with van der Waals surface area (Å²) in [5.41, 5.74) is 0. The molecule has 2 fully saturated rings. The smallest absolute Gasteiger partial charge is 0.246 e. The molecule has 20 nitrogen and oxygen atoms in total. The van der Waals surface area contributed by atoms with Crippen molar-refractivity contribution < 1.29 is 72.9 Å². The number of carbonyl (C=O) groups excluding carboxylic acids is 6. The number of hydrogen-bond donors (Lipinski definition) is 8. The minimum absolute atomic E-state index is 0.00404. The number of nitrogens with zero attached hydrogens (tertiary/aromatic N) is 1. The Kier molecular flexibility index (Phi) is 20.2. The van der Waals surface area contributed by atoms with E-state index in [-0.39, 0.29) is 96.9 Å². The normalized spacial score (nSPS) is 24.3. The molecule has 21 heteroatoms. The predicted octanol–water partition coefficient (Wildman–Crippen LogP) is -5.02. The third kappa shape index (κ3) is 16.2. The summed E-state index contributed by atoms with van der Waals surface area (Å²) < 4.78 is 27.3. The summed E-state index contributed by atoms with van der Waals surface area (Å²) in [7, 11) is 5.55. The zero-order valence-electron chi connectivity index (χ0n) is 29.6. The monoisotopic (exact) mass is 745 g/mol. The number of hydrogen-bond acceptors (Lipinski definition) is 15. The van der Waals surface area contributed by atoms with Gasteiger partial charge in [-0.15, -0.1) is 0 Å². The molecule has 294 valence electrons. The van der Waals surface area contributed by atoms with Crippen molar-refractivity contribution in [3.05, 3.63) is 0 Å². The van der Waals surface area contributed by atoms with Crippen molar-refractivity contribution >= 4 is 43.3 Å². The van der Waals surface area contributed by atoms with Gasteiger partial charge in [0.1, 0.15) is 31.5 Å². The number of rotatable bonds is 25. The molecule has 52 heavy (non-hydrogen) atoms. The Bertz CT molecular complexity index is 1190. The van der Waals surface area contributed by atoms with Crippen molar-refractivity contribution in [1.82, 2.24) is 26.2 Å². The van der Waals surface area contributed by atoms with Crippen molar-refractivity contribution in [3.8, 4) is 0 Å². The third-order valence-electron chi connectivity index (χ3n) is 7.89. The lowest BCUT2D eigenvalue weighted by molar-refractivity contribution is -0.310. The average Bonchev–Trinajstić information content (AvgIpc) is 3.33. The second-order valence-corrected chi connectivity index (χ2v) is 12.4. The highest BCUT2D eigenvalue weighted by Gasteiger charge is 2.49. The van der Waals surface area contributed by atoms with E-state index in [1.165, 1.54) is 13.8 Å². The summed E-state index contributed by atoms with van der Waals surface area (Å²) in [6, 6.07) is -1.08. The fourth-order valence-corrected chi connectivity index (χ4v) is 5.32.